The minimum atomic E-state index is -4.12. The van der Waals surface area contributed by atoms with Crippen LogP contribution in [-0.4, -0.2) is 51.4 Å². The molecule has 10 heteroatoms. The maximum atomic E-state index is 13.9. The Bertz CT molecular complexity index is 1320. The van der Waals surface area contributed by atoms with Crippen LogP contribution in [0.4, 0.5) is 5.69 Å². The highest BCUT2D eigenvalue weighted by atomic mass is 35.5. The smallest absolute Gasteiger partial charge is 0.264 e. The Morgan fingerprint density at radius 1 is 0.947 bits per heavy atom. The van der Waals surface area contributed by atoms with Gasteiger partial charge in [-0.05, 0) is 67.4 Å². The first kappa shape index (κ1) is 29.0. The van der Waals surface area contributed by atoms with E-state index >= 15 is 0 Å². The molecule has 0 aliphatic heterocycles. The van der Waals surface area contributed by atoms with Crippen molar-refractivity contribution in [1.82, 2.24) is 10.2 Å². The molecule has 0 saturated heterocycles. The second kappa shape index (κ2) is 13.3. The number of sulfonamides is 1. The highest BCUT2D eigenvalue weighted by Crippen LogP contribution is 2.26. The van der Waals surface area contributed by atoms with Gasteiger partial charge in [-0.15, -0.1) is 0 Å². The number of hydrogen-bond acceptors (Lipinski definition) is 5. The van der Waals surface area contributed by atoms with E-state index in [0.29, 0.717) is 29.4 Å². The number of amides is 2. The number of hydrogen-bond donors (Lipinski definition) is 1. The fraction of sp³-hybridized carbons (Fsp3) is 0.286. The summed E-state index contributed by atoms with van der Waals surface area (Å²) in [6.07, 6.45) is 0.346. The van der Waals surface area contributed by atoms with Crippen molar-refractivity contribution in [3.8, 4) is 5.75 Å². The summed E-state index contributed by atoms with van der Waals surface area (Å²) in [6.45, 7) is 3.61. The third kappa shape index (κ3) is 7.05. The lowest BCUT2D eigenvalue weighted by Crippen LogP contribution is -2.52. The van der Waals surface area contributed by atoms with Crippen molar-refractivity contribution >= 4 is 39.1 Å². The first-order chi connectivity index (χ1) is 18.2. The molecule has 1 atom stereocenters. The quantitative estimate of drug-likeness (QED) is 0.354. The van der Waals surface area contributed by atoms with E-state index < -0.39 is 28.5 Å². The Hall–Kier alpha value is -3.56. The standard InChI is InChI=1S/C28H32ClN3O5S/c1-4-26(28(34)30-5-2)31(19-21-11-13-22(29)14-12-21)27(33)20-32(23-15-17-24(37-3)18-16-23)38(35,36)25-9-7-6-8-10-25/h6-18,26H,4-5,19-20H2,1-3H3,(H,30,34). The highest BCUT2D eigenvalue weighted by Gasteiger charge is 2.33. The number of halogens is 1. The molecule has 8 nitrogen and oxygen atoms in total. The third-order valence-corrected chi connectivity index (χ3v) is 8.01. The lowest BCUT2D eigenvalue weighted by Gasteiger charge is -2.33. The number of nitrogens with zero attached hydrogens (tertiary/aromatic N) is 2. The lowest BCUT2D eigenvalue weighted by molar-refractivity contribution is -0.140. The zero-order valence-corrected chi connectivity index (χ0v) is 23.2. The molecule has 3 aromatic carbocycles. The van der Waals surface area contributed by atoms with E-state index in [1.54, 1.807) is 73.7 Å². The minimum Gasteiger partial charge on any atom is -0.497 e. The van der Waals surface area contributed by atoms with Crippen molar-refractivity contribution in [2.75, 3.05) is 24.5 Å². The topological polar surface area (TPSA) is 96.0 Å². The van der Waals surface area contributed by atoms with E-state index in [2.05, 4.69) is 5.32 Å². The average Bonchev–Trinajstić information content (AvgIpc) is 2.93. The molecule has 2 amide bonds. The fourth-order valence-corrected chi connectivity index (χ4v) is 5.56. The minimum absolute atomic E-state index is 0.0450. The first-order valence-corrected chi connectivity index (χ1v) is 14.1. The Balaban J connectivity index is 2.04. The van der Waals surface area contributed by atoms with Gasteiger partial charge in [0.1, 0.15) is 18.3 Å². The summed E-state index contributed by atoms with van der Waals surface area (Å²) in [7, 11) is -2.60. The van der Waals surface area contributed by atoms with Crippen molar-refractivity contribution in [3.05, 3.63) is 89.4 Å². The normalized spacial score (nSPS) is 11.9. The van der Waals surface area contributed by atoms with E-state index in [9.17, 15) is 18.0 Å². The molecule has 0 bridgehead atoms. The van der Waals surface area contributed by atoms with Crippen molar-refractivity contribution in [2.24, 2.45) is 0 Å². The molecule has 38 heavy (non-hydrogen) atoms. The van der Waals surface area contributed by atoms with Crippen LogP contribution in [0.1, 0.15) is 25.8 Å². The lowest BCUT2D eigenvalue weighted by atomic mass is 10.1. The molecule has 3 aromatic rings. The van der Waals surface area contributed by atoms with Gasteiger partial charge in [0.15, 0.2) is 0 Å². The SMILES string of the molecule is CCNC(=O)C(CC)N(Cc1ccc(Cl)cc1)C(=O)CN(c1ccc(OC)cc1)S(=O)(=O)c1ccccc1. The van der Waals surface area contributed by atoms with Crippen LogP contribution < -0.4 is 14.4 Å². The van der Waals surface area contributed by atoms with Crippen LogP contribution in [0.25, 0.3) is 0 Å². The summed E-state index contributed by atoms with van der Waals surface area (Å²) in [5.41, 5.74) is 1.05. The fourth-order valence-electron chi connectivity index (χ4n) is 3.99. The van der Waals surface area contributed by atoms with E-state index in [4.69, 9.17) is 16.3 Å². The molecule has 0 heterocycles. The van der Waals surface area contributed by atoms with Crippen LogP contribution >= 0.6 is 11.6 Å². The van der Waals surface area contributed by atoms with Gasteiger partial charge in [-0.25, -0.2) is 8.42 Å². The summed E-state index contributed by atoms with van der Waals surface area (Å²) in [6, 6.07) is 20.5. The van der Waals surface area contributed by atoms with Crippen LogP contribution in [0.2, 0.25) is 5.02 Å². The predicted molar refractivity (Wildman–Crippen MR) is 149 cm³/mol. The van der Waals surface area contributed by atoms with Gasteiger partial charge in [0.05, 0.1) is 17.7 Å². The summed E-state index contributed by atoms with van der Waals surface area (Å²) >= 11 is 6.03. The molecular formula is C28H32ClN3O5S. The second-order valence-corrected chi connectivity index (χ2v) is 10.8. The number of nitrogens with one attached hydrogen (secondary N) is 1. The van der Waals surface area contributed by atoms with Crippen molar-refractivity contribution in [2.45, 2.75) is 37.8 Å². The molecule has 0 fully saturated rings. The number of methoxy groups -OCH3 is 1. The van der Waals surface area contributed by atoms with Crippen LogP contribution in [0.15, 0.2) is 83.8 Å². The van der Waals surface area contributed by atoms with Gasteiger partial charge < -0.3 is 15.0 Å². The van der Waals surface area contributed by atoms with Crippen molar-refractivity contribution < 1.29 is 22.7 Å². The number of carbonyl (C=O) groups is 2. The molecule has 1 unspecified atom stereocenters. The number of likely N-dealkylation sites (N-methyl/N-ethyl adjacent to an activating group) is 1. The number of ether oxygens (including phenoxy) is 1. The summed E-state index contributed by atoms with van der Waals surface area (Å²) in [5.74, 6) is -0.281. The largest absolute Gasteiger partial charge is 0.497 e. The van der Waals surface area contributed by atoms with Gasteiger partial charge in [-0.2, -0.15) is 0 Å². The summed E-state index contributed by atoms with van der Waals surface area (Å²) in [5, 5.41) is 3.32. The van der Waals surface area contributed by atoms with Crippen LogP contribution in [0.3, 0.4) is 0 Å². The maximum absolute atomic E-state index is 13.9. The Kier molecular flexibility index (Phi) is 10.2. The molecule has 0 aliphatic carbocycles. The molecule has 0 saturated carbocycles. The Morgan fingerprint density at radius 2 is 1.58 bits per heavy atom. The third-order valence-electron chi connectivity index (χ3n) is 5.97. The molecule has 0 spiro atoms. The molecule has 0 aromatic heterocycles. The van der Waals surface area contributed by atoms with E-state index in [1.807, 2.05) is 6.92 Å². The monoisotopic (exact) mass is 557 g/mol. The van der Waals surface area contributed by atoms with Gasteiger partial charge >= 0.3 is 0 Å². The van der Waals surface area contributed by atoms with Gasteiger partial charge in [0.2, 0.25) is 11.8 Å². The zero-order valence-electron chi connectivity index (χ0n) is 21.6. The van der Waals surface area contributed by atoms with Gasteiger partial charge in [-0.3, -0.25) is 13.9 Å². The Labute approximate surface area is 229 Å². The summed E-state index contributed by atoms with van der Waals surface area (Å²) in [4.78, 5) is 28.3. The molecule has 0 aliphatic rings. The van der Waals surface area contributed by atoms with Crippen LogP contribution in [0, 0.1) is 0 Å². The van der Waals surface area contributed by atoms with Crippen molar-refractivity contribution in [1.29, 1.82) is 0 Å². The molecular weight excluding hydrogens is 526 g/mol. The molecule has 202 valence electrons. The van der Waals surface area contributed by atoms with Crippen molar-refractivity contribution in [3.63, 3.8) is 0 Å². The predicted octanol–water partition coefficient (Wildman–Crippen LogP) is 4.49. The van der Waals surface area contributed by atoms with Crippen LogP contribution in [-0.2, 0) is 26.2 Å². The van der Waals surface area contributed by atoms with E-state index in [1.165, 1.54) is 24.1 Å². The highest BCUT2D eigenvalue weighted by molar-refractivity contribution is 7.92. The average molecular weight is 558 g/mol. The van der Waals surface area contributed by atoms with E-state index in [0.717, 1.165) is 9.87 Å². The number of anilines is 1. The van der Waals surface area contributed by atoms with Gasteiger partial charge in [-0.1, -0.05) is 48.9 Å². The molecule has 0 radical (unpaired) electrons. The molecule has 3 rings (SSSR count). The number of rotatable bonds is 12. The Morgan fingerprint density at radius 3 is 2.13 bits per heavy atom. The van der Waals surface area contributed by atoms with E-state index in [-0.39, 0.29) is 17.3 Å². The van der Waals surface area contributed by atoms with Crippen LogP contribution in [0.5, 0.6) is 5.75 Å². The first-order valence-electron chi connectivity index (χ1n) is 12.2. The number of benzene rings is 3. The second-order valence-electron chi connectivity index (χ2n) is 8.49. The van der Waals surface area contributed by atoms with Gasteiger partial charge in [0, 0.05) is 18.1 Å². The number of carbonyl (C=O) groups excluding carboxylic acids is 2. The van der Waals surface area contributed by atoms with Gasteiger partial charge in [0.25, 0.3) is 10.0 Å². The maximum Gasteiger partial charge on any atom is 0.264 e. The molecule has 1 N–H and O–H groups in total. The zero-order chi connectivity index (χ0) is 27.7. The summed E-state index contributed by atoms with van der Waals surface area (Å²) < 4.78 is 33.8.